The van der Waals surface area contributed by atoms with Crippen LogP contribution in [0.5, 0.6) is 0 Å². The molecule has 1 unspecified atom stereocenters. The van der Waals surface area contributed by atoms with Crippen molar-refractivity contribution in [2.24, 2.45) is 0 Å². The van der Waals surface area contributed by atoms with Crippen molar-refractivity contribution in [2.45, 2.75) is 10.3 Å². The van der Waals surface area contributed by atoms with Crippen LogP contribution in [0.2, 0.25) is 5.02 Å². The van der Waals surface area contributed by atoms with E-state index in [0.717, 1.165) is 10.5 Å². The first-order valence-corrected chi connectivity index (χ1v) is 7.38. The average molecular weight is 303 g/mol. The molecule has 0 radical (unpaired) electrons. The minimum atomic E-state index is -0.309. The number of rotatable bonds is 2. The number of cyclic esters (lactones) is 1. The van der Waals surface area contributed by atoms with Crippen molar-refractivity contribution in [2.75, 3.05) is 0 Å². The van der Waals surface area contributed by atoms with Crippen LogP contribution in [-0.2, 0) is 4.74 Å². The lowest BCUT2D eigenvalue weighted by Gasteiger charge is -2.21. The van der Waals surface area contributed by atoms with Crippen molar-refractivity contribution in [1.82, 2.24) is 0 Å². The van der Waals surface area contributed by atoms with Crippen LogP contribution in [0.3, 0.4) is 0 Å². The van der Waals surface area contributed by atoms with Crippen LogP contribution in [-0.4, -0.2) is 11.4 Å². The summed E-state index contributed by atoms with van der Waals surface area (Å²) in [5.41, 5.74) is 1.30. The van der Waals surface area contributed by atoms with E-state index in [2.05, 4.69) is 0 Å². The van der Waals surface area contributed by atoms with Gasteiger partial charge in [-0.15, -0.1) is 0 Å². The number of ether oxygens (including phenoxy) is 1. The Hall–Kier alpha value is -1.71. The first-order valence-electron chi connectivity index (χ1n) is 6.13. The van der Waals surface area contributed by atoms with Gasteiger partial charge in [-0.05, 0) is 35.9 Å². The first-order chi connectivity index (χ1) is 9.72. The highest BCUT2D eigenvalue weighted by molar-refractivity contribution is 8.00. The molecule has 2 nitrogen and oxygen atoms in total. The number of hydrogen-bond donors (Lipinski definition) is 0. The van der Waals surface area contributed by atoms with Crippen LogP contribution in [0, 0.1) is 0 Å². The Labute approximate surface area is 126 Å². The number of esters is 1. The predicted molar refractivity (Wildman–Crippen MR) is 82.0 cm³/mol. The van der Waals surface area contributed by atoms with E-state index in [9.17, 15) is 4.79 Å². The van der Waals surface area contributed by atoms with Gasteiger partial charge in [0.05, 0.1) is 5.56 Å². The van der Waals surface area contributed by atoms with Gasteiger partial charge in [-0.1, -0.05) is 53.7 Å². The van der Waals surface area contributed by atoms with E-state index in [4.69, 9.17) is 16.3 Å². The van der Waals surface area contributed by atoms with Gasteiger partial charge in [0.1, 0.15) is 0 Å². The lowest BCUT2D eigenvalue weighted by atomic mass is 10.2. The normalized spacial score (nSPS) is 17.9. The van der Waals surface area contributed by atoms with E-state index in [1.54, 1.807) is 6.07 Å². The number of benzene rings is 2. The zero-order valence-electron chi connectivity index (χ0n) is 10.5. The zero-order valence-corrected chi connectivity index (χ0v) is 12.0. The number of carbonyl (C=O) groups excluding carboxylic acids is 1. The fourth-order valence-electron chi connectivity index (χ4n) is 1.93. The topological polar surface area (TPSA) is 26.3 Å². The molecule has 1 aliphatic heterocycles. The fourth-order valence-corrected chi connectivity index (χ4v) is 3.11. The van der Waals surface area contributed by atoms with Crippen LogP contribution >= 0.6 is 23.4 Å². The Kier molecular flexibility index (Phi) is 3.81. The number of thioether (sulfide) groups is 1. The van der Waals surface area contributed by atoms with Gasteiger partial charge < -0.3 is 4.74 Å². The molecule has 0 bridgehead atoms. The summed E-state index contributed by atoms with van der Waals surface area (Å²) in [4.78, 5) is 12.8. The van der Waals surface area contributed by atoms with Crippen molar-refractivity contribution in [3.63, 3.8) is 0 Å². The molecule has 0 amide bonds. The molecular weight excluding hydrogens is 292 g/mol. The standard InChI is InChI=1S/C16H11ClO2S/c17-12-5-3-4-11(10-12)8-9-15-19-16(18)13-6-1-2-7-14(13)20-15/h1-10,15H/b9-8+. The maximum absolute atomic E-state index is 11.9. The summed E-state index contributed by atoms with van der Waals surface area (Å²) in [6.45, 7) is 0. The molecule has 0 saturated heterocycles. The van der Waals surface area contributed by atoms with Gasteiger partial charge in [0.25, 0.3) is 0 Å². The number of carbonyl (C=O) groups is 1. The van der Waals surface area contributed by atoms with E-state index in [1.807, 2.05) is 54.6 Å². The Morgan fingerprint density at radius 2 is 2.00 bits per heavy atom. The predicted octanol–water partition coefficient (Wildman–Crippen LogP) is 4.64. The molecule has 2 aromatic carbocycles. The SMILES string of the molecule is O=C1OC(/C=C/c2cccc(Cl)c2)Sc2ccccc21. The molecule has 0 spiro atoms. The highest BCUT2D eigenvalue weighted by Crippen LogP contribution is 2.34. The molecule has 0 N–H and O–H groups in total. The highest BCUT2D eigenvalue weighted by Gasteiger charge is 2.24. The Bertz CT molecular complexity index is 682. The highest BCUT2D eigenvalue weighted by atomic mass is 35.5. The summed E-state index contributed by atoms with van der Waals surface area (Å²) < 4.78 is 5.37. The summed E-state index contributed by atoms with van der Waals surface area (Å²) in [6.07, 6.45) is 3.77. The van der Waals surface area contributed by atoms with Gasteiger partial charge in [0.15, 0.2) is 5.44 Å². The second kappa shape index (κ2) is 5.73. The molecule has 0 aromatic heterocycles. The lowest BCUT2D eigenvalue weighted by molar-refractivity contribution is 0.0497. The lowest BCUT2D eigenvalue weighted by Crippen LogP contribution is -2.18. The molecule has 4 heteroatoms. The average Bonchev–Trinajstić information content (AvgIpc) is 2.45. The van der Waals surface area contributed by atoms with E-state index in [0.29, 0.717) is 10.6 Å². The fraction of sp³-hybridized carbons (Fsp3) is 0.0625. The largest absolute Gasteiger partial charge is 0.443 e. The van der Waals surface area contributed by atoms with Gasteiger partial charge in [-0.25, -0.2) is 4.79 Å². The van der Waals surface area contributed by atoms with E-state index >= 15 is 0 Å². The molecule has 2 aromatic rings. The molecule has 0 fully saturated rings. The minimum absolute atomic E-state index is 0.278. The molecule has 0 saturated carbocycles. The van der Waals surface area contributed by atoms with Gasteiger partial charge in [-0.2, -0.15) is 0 Å². The van der Waals surface area contributed by atoms with Crippen molar-refractivity contribution in [3.05, 3.63) is 70.8 Å². The molecule has 1 atom stereocenters. The summed E-state index contributed by atoms with van der Waals surface area (Å²) in [5.74, 6) is -0.278. The first kappa shape index (κ1) is 13.3. The van der Waals surface area contributed by atoms with Crippen molar-refractivity contribution in [3.8, 4) is 0 Å². The van der Waals surface area contributed by atoms with Crippen molar-refractivity contribution >= 4 is 35.4 Å². The van der Waals surface area contributed by atoms with E-state index in [-0.39, 0.29) is 11.4 Å². The third kappa shape index (κ3) is 2.89. The van der Waals surface area contributed by atoms with Crippen molar-refractivity contribution in [1.29, 1.82) is 0 Å². The summed E-state index contributed by atoms with van der Waals surface area (Å²) >= 11 is 7.45. The van der Waals surface area contributed by atoms with Crippen LogP contribution in [0.15, 0.2) is 59.5 Å². The monoisotopic (exact) mass is 302 g/mol. The quantitative estimate of drug-likeness (QED) is 0.756. The molecule has 1 aliphatic rings. The van der Waals surface area contributed by atoms with Crippen LogP contribution in [0.4, 0.5) is 0 Å². The molecule has 1 heterocycles. The molecule has 3 rings (SSSR count). The Morgan fingerprint density at radius 3 is 2.85 bits per heavy atom. The smallest absolute Gasteiger partial charge is 0.340 e. The zero-order chi connectivity index (χ0) is 13.9. The summed E-state index contributed by atoms with van der Waals surface area (Å²) in [7, 11) is 0. The van der Waals surface area contributed by atoms with Crippen LogP contribution in [0.1, 0.15) is 15.9 Å². The molecule has 20 heavy (non-hydrogen) atoms. The Balaban J connectivity index is 1.79. The van der Waals surface area contributed by atoms with Gasteiger partial charge in [0, 0.05) is 9.92 Å². The summed E-state index contributed by atoms with van der Waals surface area (Å²) in [6, 6.07) is 15.0. The summed E-state index contributed by atoms with van der Waals surface area (Å²) in [5, 5.41) is 0.686. The Morgan fingerprint density at radius 1 is 1.15 bits per heavy atom. The molecule has 100 valence electrons. The second-order valence-electron chi connectivity index (χ2n) is 4.30. The maximum Gasteiger partial charge on any atom is 0.340 e. The number of halogens is 1. The van der Waals surface area contributed by atoms with Gasteiger partial charge in [-0.3, -0.25) is 0 Å². The van der Waals surface area contributed by atoms with E-state index < -0.39 is 0 Å². The molecule has 0 aliphatic carbocycles. The molecular formula is C16H11ClO2S. The second-order valence-corrected chi connectivity index (χ2v) is 5.88. The van der Waals surface area contributed by atoms with Crippen LogP contribution in [0.25, 0.3) is 6.08 Å². The number of fused-ring (bicyclic) bond motifs is 1. The van der Waals surface area contributed by atoms with Crippen LogP contribution < -0.4 is 0 Å². The van der Waals surface area contributed by atoms with Gasteiger partial charge >= 0.3 is 5.97 Å². The number of hydrogen-bond acceptors (Lipinski definition) is 3. The third-order valence-corrected chi connectivity index (χ3v) is 4.20. The maximum atomic E-state index is 11.9. The minimum Gasteiger partial charge on any atom is -0.443 e. The van der Waals surface area contributed by atoms with Gasteiger partial charge in [0.2, 0.25) is 0 Å². The van der Waals surface area contributed by atoms with Crippen molar-refractivity contribution < 1.29 is 9.53 Å². The third-order valence-electron chi connectivity index (χ3n) is 2.87. The van der Waals surface area contributed by atoms with E-state index in [1.165, 1.54) is 11.8 Å².